The number of aromatic nitrogens is 2. The van der Waals surface area contributed by atoms with Crippen LogP contribution in [0.25, 0.3) is 0 Å². The second-order valence-electron chi connectivity index (χ2n) is 5.28. The first-order valence-electron chi connectivity index (χ1n) is 7.46. The number of hydrogen-bond donors (Lipinski definition) is 0. The van der Waals surface area contributed by atoms with Gasteiger partial charge in [-0.05, 0) is 30.8 Å². The maximum absolute atomic E-state index is 12.8. The van der Waals surface area contributed by atoms with Gasteiger partial charge in [0.1, 0.15) is 4.88 Å². The quantitative estimate of drug-likeness (QED) is 0.755. The van der Waals surface area contributed by atoms with Crippen LogP contribution in [0.15, 0.2) is 0 Å². The molecule has 0 unspecified atom stereocenters. The Balaban J connectivity index is 2.14. The molecule has 0 atom stereocenters. The van der Waals surface area contributed by atoms with Crippen molar-refractivity contribution in [2.45, 2.75) is 57.9 Å². The van der Waals surface area contributed by atoms with E-state index in [1.165, 1.54) is 30.8 Å². The number of nitrogens with zero attached hydrogens (tertiary/aromatic N) is 3. The number of aryl methyl sites for hydroxylation is 1. The lowest BCUT2D eigenvalue weighted by Gasteiger charge is -2.33. The van der Waals surface area contributed by atoms with Crippen LogP contribution in [0.5, 0.6) is 0 Å². The Bertz CT molecular complexity index is 432. The molecule has 1 aromatic rings. The first-order chi connectivity index (χ1) is 9.77. The molecule has 0 bridgehead atoms. The number of amides is 1. The highest BCUT2D eigenvalue weighted by Gasteiger charge is 2.28. The molecule has 1 aliphatic carbocycles. The highest BCUT2D eigenvalue weighted by atomic mass is 35.5. The predicted molar refractivity (Wildman–Crippen MR) is 82.5 cm³/mol. The summed E-state index contributed by atoms with van der Waals surface area (Å²) in [6.45, 7) is 2.71. The minimum absolute atomic E-state index is 0.0796. The van der Waals surface area contributed by atoms with E-state index in [1.54, 1.807) is 0 Å². The number of carbonyl (C=O) groups excluding carboxylic acids is 1. The standard InChI is InChI=1S/C14H22ClN3OS/c1-2-6-12-13(20-17-16-12)14(19)18(10-9-15)11-7-4-3-5-8-11/h11H,2-10H2,1H3. The predicted octanol–water partition coefficient (Wildman–Crippen LogP) is 3.50. The van der Waals surface area contributed by atoms with Gasteiger partial charge in [0.05, 0.1) is 5.69 Å². The third-order valence-corrected chi connectivity index (χ3v) is 4.76. The molecule has 2 rings (SSSR count). The molecule has 4 nitrogen and oxygen atoms in total. The molecule has 0 aromatic carbocycles. The summed E-state index contributed by atoms with van der Waals surface area (Å²) in [4.78, 5) is 15.5. The first-order valence-corrected chi connectivity index (χ1v) is 8.76. The zero-order valence-electron chi connectivity index (χ0n) is 12.0. The monoisotopic (exact) mass is 315 g/mol. The summed E-state index contributed by atoms with van der Waals surface area (Å²) < 4.78 is 3.96. The summed E-state index contributed by atoms with van der Waals surface area (Å²) in [6, 6.07) is 0.339. The van der Waals surface area contributed by atoms with Crippen LogP contribution in [0, 0.1) is 0 Å². The normalized spacial score (nSPS) is 16.3. The Morgan fingerprint density at radius 3 is 2.80 bits per heavy atom. The van der Waals surface area contributed by atoms with Crippen molar-refractivity contribution in [3.8, 4) is 0 Å². The van der Waals surface area contributed by atoms with E-state index in [-0.39, 0.29) is 5.91 Å². The molecule has 1 aromatic heterocycles. The molecule has 1 heterocycles. The molecule has 0 N–H and O–H groups in total. The third kappa shape index (κ3) is 3.70. The van der Waals surface area contributed by atoms with E-state index >= 15 is 0 Å². The molecule has 0 aliphatic heterocycles. The van der Waals surface area contributed by atoms with Crippen LogP contribution < -0.4 is 0 Å². The highest BCUT2D eigenvalue weighted by molar-refractivity contribution is 7.08. The lowest BCUT2D eigenvalue weighted by molar-refractivity contribution is 0.0653. The summed E-state index contributed by atoms with van der Waals surface area (Å²) in [6.07, 6.45) is 7.68. The molecule has 1 fully saturated rings. The fourth-order valence-corrected chi connectivity index (χ4v) is 3.68. The summed E-state index contributed by atoms with van der Waals surface area (Å²) in [5.74, 6) is 0.563. The molecule has 1 aliphatic rings. The molecule has 112 valence electrons. The fourth-order valence-electron chi connectivity index (χ4n) is 2.84. The number of halogens is 1. The molecule has 0 spiro atoms. The largest absolute Gasteiger partial charge is 0.334 e. The zero-order valence-corrected chi connectivity index (χ0v) is 13.5. The molecule has 0 saturated heterocycles. The molecular formula is C14H22ClN3OS. The van der Waals surface area contributed by atoms with E-state index in [0.717, 1.165) is 31.4 Å². The van der Waals surface area contributed by atoms with Crippen molar-refractivity contribution in [2.75, 3.05) is 12.4 Å². The Morgan fingerprint density at radius 1 is 1.40 bits per heavy atom. The van der Waals surface area contributed by atoms with Crippen LogP contribution in [0.1, 0.15) is 60.8 Å². The second-order valence-corrected chi connectivity index (χ2v) is 6.41. The lowest BCUT2D eigenvalue weighted by atomic mass is 9.94. The van der Waals surface area contributed by atoms with E-state index < -0.39 is 0 Å². The van der Waals surface area contributed by atoms with Crippen LogP contribution in [0.4, 0.5) is 0 Å². The first kappa shape index (κ1) is 15.7. The average molecular weight is 316 g/mol. The van der Waals surface area contributed by atoms with E-state index in [2.05, 4.69) is 16.5 Å². The van der Waals surface area contributed by atoms with Gasteiger partial charge in [-0.15, -0.1) is 16.7 Å². The maximum atomic E-state index is 12.8. The van der Waals surface area contributed by atoms with Crippen molar-refractivity contribution in [3.63, 3.8) is 0 Å². The number of alkyl halides is 1. The molecule has 6 heteroatoms. The van der Waals surface area contributed by atoms with E-state index in [1.807, 2.05) is 4.90 Å². The topological polar surface area (TPSA) is 46.1 Å². The number of rotatable bonds is 6. The van der Waals surface area contributed by atoms with E-state index in [4.69, 9.17) is 11.6 Å². The Kier molecular flexibility index (Phi) is 6.23. The van der Waals surface area contributed by atoms with Crippen molar-refractivity contribution in [3.05, 3.63) is 10.6 Å². The van der Waals surface area contributed by atoms with Gasteiger partial charge in [-0.25, -0.2) is 0 Å². The summed E-state index contributed by atoms with van der Waals surface area (Å²) in [7, 11) is 0. The molecular weight excluding hydrogens is 294 g/mol. The minimum atomic E-state index is 0.0796. The van der Waals surface area contributed by atoms with Gasteiger partial charge < -0.3 is 4.90 Å². The Morgan fingerprint density at radius 2 is 2.15 bits per heavy atom. The van der Waals surface area contributed by atoms with Crippen molar-refractivity contribution >= 4 is 29.0 Å². The van der Waals surface area contributed by atoms with Gasteiger partial charge in [-0.2, -0.15) is 0 Å². The maximum Gasteiger partial charge on any atom is 0.267 e. The van der Waals surface area contributed by atoms with Gasteiger partial charge in [0.2, 0.25) is 0 Å². The SMILES string of the molecule is CCCc1nnsc1C(=O)N(CCCl)C1CCCCC1. The fraction of sp³-hybridized carbons (Fsp3) is 0.786. The molecule has 1 saturated carbocycles. The summed E-state index contributed by atoms with van der Waals surface area (Å²) in [5.41, 5.74) is 0.845. The average Bonchev–Trinajstić information content (AvgIpc) is 2.94. The molecule has 1 amide bonds. The number of carbonyl (C=O) groups is 1. The number of hydrogen-bond acceptors (Lipinski definition) is 4. The highest BCUT2D eigenvalue weighted by Crippen LogP contribution is 2.25. The van der Waals surface area contributed by atoms with Crippen LogP contribution in [0.3, 0.4) is 0 Å². The Hall–Kier alpha value is -0.680. The van der Waals surface area contributed by atoms with Gasteiger partial charge in [0, 0.05) is 18.5 Å². The van der Waals surface area contributed by atoms with E-state index in [0.29, 0.717) is 23.3 Å². The van der Waals surface area contributed by atoms with Crippen LogP contribution in [-0.2, 0) is 6.42 Å². The van der Waals surface area contributed by atoms with Crippen LogP contribution >= 0.6 is 23.1 Å². The van der Waals surface area contributed by atoms with Crippen molar-refractivity contribution in [2.24, 2.45) is 0 Å². The van der Waals surface area contributed by atoms with Crippen molar-refractivity contribution in [1.29, 1.82) is 0 Å². The third-order valence-electron chi connectivity index (χ3n) is 3.84. The zero-order chi connectivity index (χ0) is 14.4. The van der Waals surface area contributed by atoms with Gasteiger partial charge in [0.15, 0.2) is 0 Å². The molecule has 20 heavy (non-hydrogen) atoms. The van der Waals surface area contributed by atoms with Crippen LogP contribution in [-0.4, -0.2) is 38.9 Å². The van der Waals surface area contributed by atoms with Crippen molar-refractivity contribution in [1.82, 2.24) is 14.5 Å². The van der Waals surface area contributed by atoms with E-state index in [9.17, 15) is 4.79 Å². The minimum Gasteiger partial charge on any atom is -0.334 e. The lowest BCUT2D eigenvalue weighted by Crippen LogP contribution is -2.42. The van der Waals surface area contributed by atoms with Crippen LogP contribution in [0.2, 0.25) is 0 Å². The molecule has 0 radical (unpaired) electrons. The second kappa shape index (κ2) is 7.93. The van der Waals surface area contributed by atoms with Crippen molar-refractivity contribution < 1.29 is 4.79 Å². The Labute approximate surface area is 129 Å². The smallest absolute Gasteiger partial charge is 0.267 e. The van der Waals surface area contributed by atoms with Gasteiger partial charge in [0.25, 0.3) is 5.91 Å². The summed E-state index contributed by atoms with van der Waals surface area (Å²) >= 11 is 7.12. The summed E-state index contributed by atoms with van der Waals surface area (Å²) in [5, 5.41) is 4.10. The van der Waals surface area contributed by atoms with Gasteiger partial charge in [-0.3, -0.25) is 4.79 Å². The van der Waals surface area contributed by atoms with Gasteiger partial charge >= 0.3 is 0 Å². The van der Waals surface area contributed by atoms with Gasteiger partial charge in [-0.1, -0.05) is 37.1 Å².